The van der Waals surface area contributed by atoms with Crippen molar-refractivity contribution in [3.05, 3.63) is 41.7 Å². The maximum atomic E-state index is 5.87. The Morgan fingerprint density at radius 1 is 1.13 bits per heavy atom. The summed E-state index contributed by atoms with van der Waals surface area (Å²) in [7, 11) is 0. The summed E-state index contributed by atoms with van der Waals surface area (Å²) in [6, 6.07) is 8.29. The van der Waals surface area contributed by atoms with Gasteiger partial charge in [-0.2, -0.15) is 0 Å². The number of para-hydroxylation sites is 1. The van der Waals surface area contributed by atoms with E-state index < -0.39 is 0 Å². The minimum Gasteiger partial charge on any atom is -0.462 e. The van der Waals surface area contributed by atoms with Gasteiger partial charge in [0.2, 0.25) is 0 Å². The second-order valence-electron chi connectivity index (χ2n) is 5.19. The van der Waals surface area contributed by atoms with Crippen LogP contribution in [0.5, 0.6) is 5.75 Å². The number of hydrogen-bond donors (Lipinski definition) is 0. The summed E-state index contributed by atoms with van der Waals surface area (Å²) in [5.41, 5.74) is 1.52. The van der Waals surface area contributed by atoms with Gasteiger partial charge in [0.05, 0.1) is 0 Å². The molecular weight excluding hydrogens is 184 g/mol. The zero-order valence-electron chi connectivity index (χ0n) is 9.71. The second-order valence-corrected chi connectivity index (χ2v) is 5.19. The molecule has 0 saturated carbocycles. The zero-order valence-corrected chi connectivity index (χ0v) is 9.71. The summed E-state index contributed by atoms with van der Waals surface area (Å²) in [4.78, 5) is 0. The van der Waals surface area contributed by atoms with E-state index in [1.165, 1.54) is 5.56 Å². The molecule has 2 rings (SSSR count). The van der Waals surface area contributed by atoms with Crippen LogP contribution in [-0.2, 0) is 6.42 Å². The molecule has 0 fully saturated rings. The van der Waals surface area contributed by atoms with E-state index in [2.05, 4.69) is 39.0 Å². The van der Waals surface area contributed by atoms with E-state index in [0.717, 1.165) is 24.4 Å². The van der Waals surface area contributed by atoms with Crippen molar-refractivity contribution in [1.29, 1.82) is 0 Å². The van der Waals surface area contributed by atoms with Crippen LogP contribution >= 0.6 is 0 Å². The number of fused-ring (bicyclic) bond motifs is 1. The number of rotatable bonds is 0. The van der Waals surface area contributed by atoms with Crippen molar-refractivity contribution in [2.24, 2.45) is 5.41 Å². The Morgan fingerprint density at radius 3 is 2.60 bits per heavy atom. The van der Waals surface area contributed by atoms with Gasteiger partial charge in [-0.25, -0.2) is 0 Å². The third-order valence-corrected chi connectivity index (χ3v) is 2.45. The molecule has 1 heteroatoms. The average molecular weight is 202 g/mol. The molecule has 1 aliphatic heterocycles. The van der Waals surface area contributed by atoms with Gasteiger partial charge in [0.25, 0.3) is 0 Å². The van der Waals surface area contributed by atoms with Crippen LogP contribution in [0.25, 0.3) is 0 Å². The van der Waals surface area contributed by atoms with E-state index >= 15 is 0 Å². The SMILES string of the molecule is CC(C)(C)/C=C1/CCc2ccccc2O1. The highest BCUT2D eigenvalue weighted by atomic mass is 16.5. The zero-order chi connectivity index (χ0) is 10.9. The lowest BCUT2D eigenvalue weighted by molar-refractivity contribution is 0.362. The highest BCUT2D eigenvalue weighted by molar-refractivity contribution is 5.37. The summed E-state index contributed by atoms with van der Waals surface area (Å²) in [6.45, 7) is 6.59. The van der Waals surface area contributed by atoms with Gasteiger partial charge in [-0.05, 0) is 29.5 Å². The molecule has 1 aromatic carbocycles. The number of allylic oxidation sites excluding steroid dienone is 2. The van der Waals surface area contributed by atoms with Crippen molar-refractivity contribution >= 4 is 0 Å². The molecule has 0 aromatic heterocycles. The van der Waals surface area contributed by atoms with E-state index in [1.54, 1.807) is 0 Å². The molecule has 0 bridgehead atoms. The standard InChI is InChI=1S/C14H18O/c1-14(2,3)10-12-9-8-11-6-4-5-7-13(11)15-12/h4-7,10H,8-9H2,1-3H3/b12-10-. The Balaban J connectivity index is 2.23. The quantitative estimate of drug-likeness (QED) is 0.619. The highest BCUT2D eigenvalue weighted by Gasteiger charge is 2.16. The summed E-state index contributed by atoms with van der Waals surface area (Å²) in [5.74, 6) is 2.14. The monoisotopic (exact) mass is 202 g/mol. The van der Waals surface area contributed by atoms with Gasteiger partial charge in [-0.15, -0.1) is 0 Å². The summed E-state index contributed by atoms with van der Waals surface area (Å²) >= 11 is 0. The van der Waals surface area contributed by atoms with Crippen LogP contribution in [0.3, 0.4) is 0 Å². The number of aryl methyl sites for hydroxylation is 1. The molecule has 1 aliphatic rings. The van der Waals surface area contributed by atoms with Crippen LogP contribution in [0, 0.1) is 5.41 Å². The van der Waals surface area contributed by atoms with Crippen molar-refractivity contribution in [3.63, 3.8) is 0 Å². The van der Waals surface area contributed by atoms with E-state index in [-0.39, 0.29) is 5.41 Å². The topological polar surface area (TPSA) is 9.23 Å². The van der Waals surface area contributed by atoms with Gasteiger partial charge in [0, 0.05) is 6.42 Å². The van der Waals surface area contributed by atoms with Crippen LogP contribution in [0.4, 0.5) is 0 Å². The van der Waals surface area contributed by atoms with E-state index in [4.69, 9.17) is 4.74 Å². The Kier molecular flexibility index (Phi) is 2.56. The number of hydrogen-bond acceptors (Lipinski definition) is 1. The predicted molar refractivity (Wildman–Crippen MR) is 62.9 cm³/mol. The molecule has 0 aliphatic carbocycles. The third kappa shape index (κ3) is 2.62. The van der Waals surface area contributed by atoms with Crippen molar-refractivity contribution < 1.29 is 4.74 Å². The van der Waals surface area contributed by atoms with Gasteiger partial charge in [0.15, 0.2) is 0 Å². The van der Waals surface area contributed by atoms with Gasteiger partial charge in [0.1, 0.15) is 11.5 Å². The summed E-state index contributed by atoms with van der Waals surface area (Å²) in [6.07, 6.45) is 4.34. The maximum Gasteiger partial charge on any atom is 0.130 e. The first kappa shape index (κ1) is 10.3. The first-order valence-electron chi connectivity index (χ1n) is 5.52. The second kappa shape index (κ2) is 3.73. The predicted octanol–water partition coefficient (Wildman–Crippen LogP) is 3.94. The Morgan fingerprint density at radius 2 is 1.87 bits per heavy atom. The number of benzene rings is 1. The summed E-state index contributed by atoms with van der Waals surface area (Å²) < 4.78 is 5.87. The normalized spacial score (nSPS) is 18.5. The molecule has 0 amide bonds. The molecular formula is C14H18O. The van der Waals surface area contributed by atoms with Crippen LogP contribution in [0.2, 0.25) is 0 Å². The van der Waals surface area contributed by atoms with Crippen molar-refractivity contribution in [1.82, 2.24) is 0 Å². The molecule has 0 saturated heterocycles. The first-order chi connectivity index (χ1) is 7.04. The fraction of sp³-hybridized carbons (Fsp3) is 0.429. The number of ether oxygens (including phenoxy) is 1. The minimum absolute atomic E-state index is 0.196. The van der Waals surface area contributed by atoms with Gasteiger partial charge in [-0.3, -0.25) is 0 Å². The molecule has 15 heavy (non-hydrogen) atoms. The third-order valence-electron chi connectivity index (χ3n) is 2.45. The van der Waals surface area contributed by atoms with Gasteiger partial charge < -0.3 is 4.74 Å². The van der Waals surface area contributed by atoms with Gasteiger partial charge >= 0.3 is 0 Å². The van der Waals surface area contributed by atoms with Crippen LogP contribution in [-0.4, -0.2) is 0 Å². The van der Waals surface area contributed by atoms with Crippen molar-refractivity contribution in [2.45, 2.75) is 33.6 Å². The smallest absolute Gasteiger partial charge is 0.130 e. The largest absolute Gasteiger partial charge is 0.462 e. The molecule has 0 spiro atoms. The summed E-state index contributed by atoms with van der Waals surface area (Å²) in [5, 5.41) is 0. The highest BCUT2D eigenvalue weighted by Crippen LogP contribution is 2.31. The molecule has 80 valence electrons. The van der Waals surface area contributed by atoms with Crippen LogP contribution in [0.1, 0.15) is 32.8 Å². The van der Waals surface area contributed by atoms with Crippen molar-refractivity contribution in [3.8, 4) is 5.75 Å². The maximum absolute atomic E-state index is 5.87. The molecule has 1 aromatic rings. The van der Waals surface area contributed by atoms with Crippen LogP contribution in [0.15, 0.2) is 36.1 Å². The minimum atomic E-state index is 0.196. The molecule has 0 N–H and O–H groups in total. The van der Waals surface area contributed by atoms with E-state index in [1.807, 2.05) is 12.1 Å². The molecule has 0 radical (unpaired) electrons. The van der Waals surface area contributed by atoms with E-state index in [0.29, 0.717) is 0 Å². The molecule has 0 atom stereocenters. The Labute approximate surface area is 91.8 Å². The fourth-order valence-corrected chi connectivity index (χ4v) is 1.84. The molecule has 1 heterocycles. The molecule has 1 nitrogen and oxygen atoms in total. The lowest BCUT2D eigenvalue weighted by Crippen LogP contribution is -2.10. The van der Waals surface area contributed by atoms with E-state index in [9.17, 15) is 0 Å². The Hall–Kier alpha value is -1.24. The average Bonchev–Trinajstić information content (AvgIpc) is 2.15. The van der Waals surface area contributed by atoms with Gasteiger partial charge in [-0.1, -0.05) is 39.0 Å². The lowest BCUT2D eigenvalue weighted by atomic mass is 9.93. The fourth-order valence-electron chi connectivity index (χ4n) is 1.84. The van der Waals surface area contributed by atoms with Crippen LogP contribution < -0.4 is 4.74 Å². The first-order valence-corrected chi connectivity index (χ1v) is 5.52. The lowest BCUT2D eigenvalue weighted by Gasteiger charge is -2.22. The Bertz CT molecular complexity index is 383. The molecule has 0 unspecified atom stereocenters. The van der Waals surface area contributed by atoms with Crippen molar-refractivity contribution in [2.75, 3.05) is 0 Å².